The minimum Gasteiger partial charge on any atom is -0.463 e. The Balaban J connectivity index is 2.23. The van der Waals surface area contributed by atoms with Gasteiger partial charge in [-0.2, -0.15) is 26.3 Å². The number of rotatable bonds is 5. The van der Waals surface area contributed by atoms with E-state index < -0.39 is 52.2 Å². The number of hydrogen-bond acceptors (Lipinski definition) is 4. The summed E-state index contributed by atoms with van der Waals surface area (Å²) in [5.41, 5.74) is -2.96. The maximum atomic E-state index is 13.5. The molecule has 0 radical (unpaired) electrons. The third-order valence-corrected chi connectivity index (χ3v) is 4.22. The number of esters is 1. The van der Waals surface area contributed by atoms with Crippen LogP contribution in [0.25, 0.3) is 29.0 Å². The number of aromatic nitrogens is 3. The number of nitrogens with zero attached hydrogens (tertiary/aromatic N) is 3. The molecule has 32 heavy (non-hydrogen) atoms. The summed E-state index contributed by atoms with van der Waals surface area (Å²) in [6.45, 7) is 1.60. The highest BCUT2D eigenvalue weighted by Crippen LogP contribution is 2.39. The maximum Gasteiger partial charge on any atom is 0.417 e. The van der Waals surface area contributed by atoms with Gasteiger partial charge in [0.1, 0.15) is 0 Å². The van der Waals surface area contributed by atoms with Crippen molar-refractivity contribution in [3.8, 4) is 22.8 Å². The molecule has 0 amide bonds. The number of alkyl halides is 6. The number of carbonyl (C=O) groups excluding carboxylic acids is 1. The van der Waals surface area contributed by atoms with E-state index in [1.807, 2.05) is 0 Å². The minimum atomic E-state index is -4.76. The number of carbonyl (C=O) groups is 1. The number of hydrogen-bond donors (Lipinski definition) is 0. The van der Waals surface area contributed by atoms with Crippen LogP contribution in [0, 0.1) is 0 Å². The second-order valence-corrected chi connectivity index (χ2v) is 6.36. The van der Waals surface area contributed by atoms with Crippen LogP contribution in [0.15, 0.2) is 54.6 Å². The quantitative estimate of drug-likeness (QED) is 0.282. The van der Waals surface area contributed by atoms with Crippen molar-refractivity contribution < 1.29 is 35.9 Å². The Kier molecular flexibility index (Phi) is 6.37. The van der Waals surface area contributed by atoms with Crippen molar-refractivity contribution in [2.24, 2.45) is 0 Å². The summed E-state index contributed by atoms with van der Waals surface area (Å²) in [5.74, 6) is -1.67. The van der Waals surface area contributed by atoms with E-state index in [0.29, 0.717) is 0 Å². The Morgan fingerprint density at radius 2 is 1.47 bits per heavy atom. The van der Waals surface area contributed by atoms with Crippen LogP contribution >= 0.6 is 0 Å². The van der Waals surface area contributed by atoms with Crippen LogP contribution in [-0.4, -0.2) is 27.3 Å². The minimum absolute atomic E-state index is 0.0501. The summed E-state index contributed by atoms with van der Waals surface area (Å²) in [4.78, 5) is 15.6. The van der Waals surface area contributed by atoms with Gasteiger partial charge in [-0.3, -0.25) is 0 Å². The van der Waals surface area contributed by atoms with Gasteiger partial charge in [0.05, 0.1) is 17.7 Å². The molecule has 3 rings (SSSR count). The molecule has 0 bridgehead atoms. The van der Waals surface area contributed by atoms with Crippen molar-refractivity contribution in [3.05, 3.63) is 65.7 Å². The molecule has 0 aliphatic rings. The van der Waals surface area contributed by atoms with Crippen molar-refractivity contribution in [2.45, 2.75) is 19.3 Å². The van der Waals surface area contributed by atoms with Gasteiger partial charge in [0.25, 0.3) is 0 Å². The lowest BCUT2D eigenvalue weighted by atomic mass is 10.1. The highest BCUT2D eigenvalue weighted by molar-refractivity contribution is 5.85. The van der Waals surface area contributed by atoms with E-state index in [2.05, 4.69) is 10.1 Å². The zero-order valence-electron chi connectivity index (χ0n) is 16.4. The third kappa shape index (κ3) is 4.98. The van der Waals surface area contributed by atoms with Gasteiger partial charge in [-0.05, 0) is 19.1 Å². The number of benzene rings is 2. The first kappa shape index (κ1) is 23.0. The van der Waals surface area contributed by atoms with Crippen LogP contribution in [0.2, 0.25) is 0 Å². The van der Waals surface area contributed by atoms with Gasteiger partial charge in [0, 0.05) is 23.4 Å². The average Bonchev–Trinajstić information content (AvgIpc) is 3.15. The van der Waals surface area contributed by atoms with Gasteiger partial charge < -0.3 is 4.74 Å². The predicted octanol–water partition coefficient (Wildman–Crippen LogP) is 5.68. The molecule has 1 heterocycles. The Labute approximate surface area is 178 Å². The van der Waals surface area contributed by atoms with Crippen molar-refractivity contribution in [3.63, 3.8) is 0 Å². The van der Waals surface area contributed by atoms with Gasteiger partial charge in [0.15, 0.2) is 11.6 Å². The molecule has 1 aromatic heterocycles. The van der Waals surface area contributed by atoms with Crippen LogP contribution in [-0.2, 0) is 21.9 Å². The molecule has 0 N–H and O–H groups in total. The zero-order valence-corrected chi connectivity index (χ0v) is 16.4. The SMILES string of the molecule is CCOC(=O)/C=C\n1nc(-c2ccccc2C(F)(F)F)nc1-c1ccccc1C(F)(F)F. The Hall–Kier alpha value is -3.63. The lowest BCUT2D eigenvalue weighted by Crippen LogP contribution is -2.08. The van der Waals surface area contributed by atoms with Gasteiger partial charge >= 0.3 is 18.3 Å². The van der Waals surface area contributed by atoms with Gasteiger partial charge in [0.2, 0.25) is 0 Å². The Bertz CT molecular complexity index is 1150. The smallest absolute Gasteiger partial charge is 0.417 e. The van der Waals surface area contributed by atoms with E-state index in [1.54, 1.807) is 6.92 Å². The highest BCUT2D eigenvalue weighted by atomic mass is 19.4. The van der Waals surface area contributed by atoms with Crippen molar-refractivity contribution in [2.75, 3.05) is 6.61 Å². The molecular formula is C21H15F6N3O2. The molecule has 3 aromatic rings. The second-order valence-electron chi connectivity index (χ2n) is 6.36. The zero-order chi connectivity index (χ0) is 23.5. The van der Waals surface area contributed by atoms with Crippen LogP contribution in [0.1, 0.15) is 18.1 Å². The fraction of sp³-hybridized carbons (Fsp3) is 0.190. The molecule has 0 saturated carbocycles. The lowest BCUT2D eigenvalue weighted by Gasteiger charge is -2.11. The Morgan fingerprint density at radius 3 is 2.03 bits per heavy atom. The van der Waals surface area contributed by atoms with Crippen LogP contribution < -0.4 is 0 Å². The van der Waals surface area contributed by atoms with E-state index in [4.69, 9.17) is 4.74 Å². The molecule has 0 aliphatic heterocycles. The molecule has 5 nitrogen and oxygen atoms in total. The van der Waals surface area contributed by atoms with E-state index in [1.165, 1.54) is 24.3 Å². The molecule has 168 valence electrons. The maximum absolute atomic E-state index is 13.5. The summed E-state index contributed by atoms with van der Waals surface area (Å²) in [6, 6.07) is 8.83. The standard InChI is InChI=1S/C21H15F6N3O2/c1-2-32-17(31)11-12-30-19(14-8-4-6-10-16(14)21(25,26)27)28-18(29-30)13-7-3-5-9-15(13)20(22,23)24/h3-12H,2H2,1H3/b12-11-. The van der Waals surface area contributed by atoms with Crippen LogP contribution in [0.5, 0.6) is 0 Å². The van der Waals surface area contributed by atoms with E-state index >= 15 is 0 Å². The highest BCUT2D eigenvalue weighted by Gasteiger charge is 2.36. The molecule has 11 heteroatoms. The molecule has 0 aliphatic carbocycles. The first-order valence-corrected chi connectivity index (χ1v) is 9.17. The molecule has 0 saturated heterocycles. The van der Waals surface area contributed by atoms with Gasteiger partial charge in [-0.15, -0.1) is 5.10 Å². The van der Waals surface area contributed by atoms with Crippen molar-refractivity contribution in [1.82, 2.24) is 14.8 Å². The van der Waals surface area contributed by atoms with E-state index in [0.717, 1.165) is 41.2 Å². The predicted molar refractivity (Wildman–Crippen MR) is 103 cm³/mol. The van der Waals surface area contributed by atoms with Crippen LogP contribution in [0.4, 0.5) is 26.3 Å². The van der Waals surface area contributed by atoms with Gasteiger partial charge in [-0.1, -0.05) is 36.4 Å². The first-order chi connectivity index (χ1) is 15.0. The van der Waals surface area contributed by atoms with Crippen LogP contribution in [0.3, 0.4) is 0 Å². The molecule has 0 spiro atoms. The third-order valence-electron chi connectivity index (χ3n) is 4.22. The van der Waals surface area contributed by atoms with E-state index in [9.17, 15) is 31.1 Å². The molecule has 2 aromatic carbocycles. The largest absolute Gasteiger partial charge is 0.463 e. The summed E-state index contributed by atoms with van der Waals surface area (Å²) < 4.78 is 86.4. The topological polar surface area (TPSA) is 57.0 Å². The van der Waals surface area contributed by atoms with E-state index in [-0.39, 0.29) is 6.61 Å². The fourth-order valence-electron chi connectivity index (χ4n) is 2.90. The lowest BCUT2D eigenvalue weighted by molar-refractivity contribution is -0.138. The summed E-state index contributed by atoms with van der Waals surface area (Å²) in [6.07, 6.45) is -7.64. The average molecular weight is 455 g/mol. The molecule has 0 atom stereocenters. The first-order valence-electron chi connectivity index (χ1n) is 9.17. The van der Waals surface area contributed by atoms with Crippen molar-refractivity contribution in [1.29, 1.82) is 0 Å². The number of halogens is 6. The molecule has 0 fully saturated rings. The monoisotopic (exact) mass is 455 g/mol. The number of ether oxygens (including phenoxy) is 1. The van der Waals surface area contributed by atoms with Crippen molar-refractivity contribution >= 4 is 12.2 Å². The second kappa shape index (κ2) is 8.85. The summed E-state index contributed by atoms with van der Waals surface area (Å²) in [5, 5.41) is 3.93. The summed E-state index contributed by atoms with van der Waals surface area (Å²) in [7, 11) is 0. The summed E-state index contributed by atoms with van der Waals surface area (Å²) >= 11 is 0. The normalized spacial score (nSPS) is 12.3. The molecule has 0 unspecified atom stereocenters. The Morgan fingerprint density at radius 1 is 0.938 bits per heavy atom. The fourth-order valence-corrected chi connectivity index (χ4v) is 2.90. The van der Waals surface area contributed by atoms with Gasteiger partial charge in [-0.25, -0.2) is 14.5 Å². The molecular weight excluding hydrogens is 440 g/mol.